The van der Waals surface area contributed by atoms with Gasteiger partial charge in [-0.2, -0.15) is 4.73 Å². The van der Waals surface area contributed by atoms with Gasteiger partial charge in [0.1, 0.15) is 11.3 Å². The highest BCUT2D eigenvalue weighted by Crippen LogP contribution is 2.20. The Morgan fingerprint density at radius 3 is 2.55 bits per heavy atom. The number of aromatic nitrogens is 3. The molecular weight excluding hydrogens is 278 g/mol. The maximum absolute atomic E-state index is 12.3. The molecule has 0 bridgehead atoms. The van der Waals surface area contributed by atoms with Gasteiger partial charge < -0.3 is 5.21 Å². The van der Waals surface area contributed by atoms with Crippen LogP contribution in [-0.2, 0) is 15.6 Å². The van der Waals surface area contributed by atoms with Crippen molar-refractivity contribution in [1.82, 2.24) is 14.7 Å². The molecule has 0 aliphatic heterocycles. The Morgan fingerprint density at radius 2 is 1.85 bits per heavy atom. The van der Waals surface area contributed by atoms with Gasteiger partial charge in [0.15, 0.2) is 0 Å². The first-order valence-electron chi connectivity index (χ1n) is 5.87. The molecule has 0 radical (unpaired) electrons. The van der Waals surface area contributed by atoms with Crippen LogP contribution >= 0.6 is 0 Å². The summed E-state index contributed by atoms with van der Waals surface area (Å²) >= 11 is 0. The van der Waals surface area contributed by atoms with Crippen molar-refractivity contribution < 1.29 is 13.6 Å². The minimum Gasteiger partial charge on any atom is -0.426 e. The Labute approximate surface area is 115 Å². The lowest BCUT2D eigenvalue weighted by Crippen LogP contribution is -2.12. The van der Waals surface area contributed by atoms with Crippen LogP contribution in [0.15, 0.2) is 53.8 Å². The summed E-state index contributed by atoms with van der Waals surface area (Å²) < 4.78 is 25.2. The number of benzene rings is 1. The van der Waals surface area contributed by atoms with Crippen molar-refractivity contribution >= 4 is 20.9 Å². The molecular formula is C13H11N3O3S. The lowest BCUT2D eigenvalue weighted by molar-refractivity contribution is 0.169. The van der Waals surface area contributed by atoms with Crippen molar-refractivity contribution in [2.75, 3.05) is 0 Å². The molecule has 3 rings (SSSR count). The summed E-state index contributed by atoms with van der Waals surface area (Å²) in [4.78, 5) is 7.95. The van der Waals surface area contributed by atoms with Crippen molar-refractivity contribution in [3.63, 3.8) is 0 Å². The quantitative estimate of drug-likeness (QED) is 0.741. The zero-order valence-corrected chi connectivity index (χ0v) is 11.2. The molecule has 0 spiro atoms. The van der Waals surface area contributed by atoms with Gasteiger partial charge in [-0.25, -0.2) is 13.4 Å². The summed E-state index contributed by atoms with van der Waals surface area (Å²) in [5.74, 6) is -0.308. The molecule has 0 aliphatic rings. The molecule has 3 aromatic rings. The van der Waals surface area contributed by atoms with Crippen LogP contribution < -0.4 is 0 Å². The molecule has 6 nitrogen and oxygen atoms in total. The van der Waals surface area contributed by atoms with Crippen LogP contribution in [-0.4, -0.2) is 28.3 Å². The van der Waals surface area contributed by atoms with Crippen LogP contribution in [0.5, 0.6) is 0 Å². The monoisotopic (exact) mass is 289 g/mol. The van der Waals surface area contributed by atoms with E-state index in [1.54, 1.807) is 42.5 Å². The van der Waals surface area contributed by atoms with Crippen molar-refractivity contribution in [2.24, 2.45) is 0 Å². The molecule has 0 unspecified atom stereocenters. The van der Waals surface area contributed by atoms with Gasteiger partial charge in [0.25, 0.3) is 5.16 Å². The van der Waals surface area contributed by atoms with Crippen molar-refractivity contribution in [2.45, 2.75) is 10.9 Å². The number of sulfone groups is 1. The molecule has 102 valence electrons. The Kier molecular flexibility index (Phi) is 2.90. The summed E-state index contributed by atoms with van der Waals surface area (Å²) in [6, 6.07) is 11.7. The lowest BCUT2D eigenvalue weighted by atomic mass is 10.3. The zero-order chi connectivity index (χ0) is 14.2. The van der Waals surface area contributed by atoms with E-state index in [0.717, 1.165) is 0 Å². The molecule has 0 atom stereocenters. The largest absolute Gasteiger partial charge is 0.426 e. The third-order valence-corrected chi connectivity index (χ3v) is 4.35. The van der Waals surface area contributed by atoms with E-state index in [0.29, 0.717) is 21.5 Å². The minimum absolute atomic E-state index is 0.308. The third-order valence-electron chi connectivity index (χ3n) is 2.85. The second-order valence-electron chi connectivity index (χ2n) is 4.28. The predicted octanol–water partition coefficient (Wildman–Crippen LogP) is 1.64. The highest BCUT2D eigenvalue weighted by Gasteiger charge is 2.24. The smallest absolute Gasteiger partial charge is 0.262 e. The second kappa shape index (κ2) is 4.61. The van der Waals surface area contributed by atoms with E-state index >= 15 is 0 Å². The molecule has 2 heterocycles. The Morgan fingerprint density at radius 1 is 1.10 bits per heavy atom. The van der Waals surface area contributed by atoms with Crippen LogP contribution in [0.2, 0.25) is 0 Å². The van der Waals surface area contributed by atoms with E-state index in [1.165, 1.54) is 6.20 Å². The number of rotatable bonds is 3. The van der Waals surface area contributed by atoms with E-state index in [2.05, 4.69) is 9.97 Å². The van der Waals surface area contributed by atoms with Gasteiger partial charge in [0, 0.05) is 6.20 Å². The number of para-hydroxylation sites is 2. The number of hydrogen-bond acceptors (Lipinski definition) is 5. The van der Waals surface area contributed by atoms with Crippen LogP contribution in [0.25, 0.3) is 11.0 Å². The van der Waals surface area contributed by atoms with E-state index in [1.807, 2.05) is 0 Å². The van der Waals surface area contributed by atoms with Gasteiger partial charge >= 0.3 is 0 Å². The number of imidazole rings is 1. The molecule has 0 fully saturated rings. The first-order chi connectivity index (χ1) is 9.58. The molecule has 0 saturated carbocycles. The van der Waals surface area contributed by atoms with Crippen LogP contribution in [0.4, 0.5) is 0 Å². The molecule has 20 heavy (non-hydrogen) atoms. The number of nitrogens with zero attached hydrogens (tertiary/aromatic N) is 3. The normalized spacial score (nSPS) is 11.8. The Bertz CT molecular complexity index is 857. The standard InChI is InChI=1S/C13H11N3O3S/c17-16-12-7-2-1-6-11(12)15-13(16)20(18,19)9-10-5-3-4-8-14-10/h1-8,17H,9H2. The van der Waals surface area contributed by atoms with Gasteiger partial charge in [-0.05, 0) is 24.3 Å². The average Bonchev–Trinajstić information content (AvgIpc) is 2.78. The maximum atomic E-state index is 12.3. The van der Waals surface area contributed by atoms with E-state index in [-0.39, 0.29) is 10.9 Å². The first kappa shape index (κ1) is 12.6. The predicted molar refractivity (Wildman–Crippen MR) is 72.0 cm³/mol. The third kappa shape index (κ3) is 2.12. The summed E-state index contributed by atoms with van der Waals surface area (Å²) in [5, 5.41) is 9.59. The first-order valence-corrected chi connectivity index (χ1v) is 7.52. The molecule has 0 saturated heterocycles. The average molecular weight is 289 g/mol. The van der Waals surface area contributed by atoms with Crippen molar-refractivity contribution in [3.8, 4) is 0 Å². The van der Waals surface area contributed by atoms with Crippen LogP contribution in [0.3, 0.4) is 0 Å². The topological polar surface area (TPSA) is 85.1 Å². The number of hydrogen-bond donors (Lipinski definition) is 1. The van der Waals surface area contributed by atoms with Crippen molar-refractivity contribution in [3.05, 3.63) is 54.4 Å². The lowest BCUT2D eigenvalue weighted by Gasteiger charge is -2.02. The summed E-state index contributed by atoms with van der Waals surface area (Å²) in [5.41, 5.74) is 1.18. The zero-order valence-electron chi connectivity index (χ0n) is 10.3. The fourth-order valence-corrected chi connectivity index (χ4v) is 3.22. The van der Waals surface area contributed by atoms with E-state index in [9.17, 15) is 13.6 Å². The molecule has 2 aromatic heterocycles. The number of fused-ring (bicyclic) bond motifs is 1. The minimum atomic E-state index is -3.77. The van der Waals surface area contributed by atoms with Gasteiger partial charge in [0.2, 0.25) is 9.84 Å². The van der Waals surface area contributed by atoms with E-state index in [4.69, 9.17) is 0 Å². The number of pyridine rings is 1. The molecule has 0 aliphatic carbocycles. The highest BCUT2D eigenvalue weighted by atomic mass is 32.2. The van der Waals surface area contributed by atoms with Gasteiger partial charge in [-0.3, -0.25) is 4.98 Å². The second-order valence-corrected chi connectivity index (χ2v) is 6.16. The fraction of sp³-hybridized carbons (Fsp3) is 0.0769. The molecule has 0 amide bonds. The highest BCUT2D eigenvalue weighted by molar-refractivity contribution is 7.90. The molecule has 1 N–H and O–H groups in total. The van der Waals surface area contributed by atoms with Gasteiger partial charge in [0.05, 0.1) is 11.2 Å². The fourth-order valence-electron chi connectivity index (χ4n) is 1.94. The van der Waals surface area contributed by atoms with Gasteiger partial charge in [-0.15, -0.1) is 0 Å². The molecule has 7 heteroatoms. The summed E-state index contributed by atoms with van der Waals surface area (Å²) in [7, 11) is -3.77. The van der Waals surface area contributed by atoms with E-state index < -0.39 is 9.84 Å². The Balaban J connectivity index is 2.08. The van der Waals surface area contributed by atoms with Crippen LogP contribution in [0, 0.1) is 0 Å². The van der Waals surface area contributed by atoms with Gasteiger partial charge in [-0.1, -0.05) is 18.2 Å². The Hall–Kier alpha value is -2.41. The maximum Gasteiger partial charge on any atom is 0.262 e. The SMILES string of the molecule is O=S(=O)(Cc1ccccn1)c1nc2ccccc2n1O. The van der Waals surface area contributed by atoms with Crippen molar-refractivity contribution in [1.29, 1.82) is 0 Å². The summed E-state index contributed by atoms with van der Waals surface area (Å²) in [6.45, 7) is 0. The summed E-state index contributed by atoms with van der Waals surface area (Å²) in [6.07, 6.45) is 1.52. The van der Waals surface area contributed by atoms with Crippen LogP contribution in [0.1, 0.15) is 5.69 Å². The molecule has 1 aromatic carbocycles.